The molecule has 0 saturated heterocycles. The van der Waals surface area contributed by atoms with Crippen molar-refractivity contribution in [3.05, 3.63) is 69.8 Å². The Morgan fingerprint density at radius 3 is 2.43 bits per heavy atom. The topological polar surface area (TPSA) is 125 Å². The van der Waals surface area contributed by atoms with Crippen LogP contribution < -0.4 is 11.1 Å². The SMILES string of the molecule is CC(C)C[C@H](NC(=O)COC(=O)c1ccc([N+](=O)[O-])cc1N)c1ccccc1. The lowest BCUT2D eigenvalue weighted by Gasteiger charge is -2.21. The van der Waals surface area contributed by atoms with Crippen LogP contribution in [0.5, 0.6) is 0 Å². The van der Waals surface area contributed by atoms with Gasteiger partial charge in [0.15, 0.2) is 6.61 Å². The number of nitrogens with one attached hydrogen (secondary N) is 1. The van der Waals surface area contributed by atoms with Gasteiger partial charge < -0.3 is 15.8 Å². The summed E-state index contributed by atoms with van der Waals surface area (Å²) in [6.07, 6.45) is 0.735. The molecule has 0 aliphatic rings. The largest absolute Gasteiger partial charge is 0.452 e. The van der Waals surface area contributed by atoms with Crippen molar-refractivity contribution in [1.82, 2.24) is 5.32 Å². The second-order valence-electron chi connectivity index (χ2n) is 6.77. The van der Waals surface area contributed by atoms with Crippen LogP contribution in [-0.4, -0.2) is 23.4 Å². The smallest absolute Gasteiger partial charge is 0.340 e. The molecule has 0 spiro atoms. The van der Waals surface area contributed by atoms with Gasteiger partial charge in [0.1, 0.15) is 0 Å². The molecule has 148 valence electrons. The van der Waals surface area contributed by atoms with Gasteiger partial charge in [0.2, 0.25) is 0 Å². The van der Waals surface area contributed by atoms with Gasteiger partial charge in [-0.25, -0.2) is 4.79 Å². The first-order valence-electron chi connectivity index (χ1n) is 8.83. The summed E-state index contributed by atoms with van der Waals surface area (Å²) < 4.78 is 5.01. The van der Waals surface area contributed by atoms with Gasteiger partial charge >= 0.3 is 5.97 Å². The second kappa shape index (κ2) is 9.50. The van der Waals surface area contributed by atoms with E-state index in [2.05, 4.69) is 19.2 Å². The van der Waals surface area contributed by atoms with E-state index in [0.717, 1.165) is 24.1 Å². The van der Waals surface area contributed by atoms with Crippen molar-refractivity contribution in [2.24, 2.45) is 5.92 Å². The minimum Gasteiger partial charge on any atom is -0.452 e. The molecule has 3 N–H and O–H groups in total. The van der Waals surface area contributed by atoms with E-state index in [1.165, 1.54) is 6.07 Å². The summed E-state index contributed by atoms with van der Waals surface area (Å²) in [6.45, 7) is 3.63. The molecule has 0 radical (unpaired) electrons. The summed E-state index contributed by atoms with van der Waals surface area (Å²) in [5.41, 5.74) is 6.30. The summed E-state index contributed by atoms with van der Waals surface area (Å²) in [5.74, 6) is -0.904. The highest BCUT2D eigenvalue weighted by Gasteiger charge is 2.19. The number of rotatable bonds is 8. The maximum Gasteiger partial charge on any atom is 0.340 e. The molecule has 28 heavy (non-hydrogen) atoms. The minimum atomic E-state index is -0.817. The van der Waals surface area contributed by atoms with Crippen molar-refractivity contribution in [3.8, 4) is 0 Å². The number of nitrogens with zero attached hydrogens (tertiary/aromatic N) is 1. The Labute approximate surface area is 162 Å². The van der Waals surface area contributed by atoms with Crippen LogP contribution >= 0.6 is 0 Å². The average Bonchev–Trinajstić information content (AvgIpc) is 2.65. The predicted octanol–water partition coefficient (Wildman–Crippen LogP) is 3.24. The monoisotopic (exact) mass is 385 g/mol. The highest BCUT2D eigenvalue weighted by molar-refractivity contribution is 5.96. The van der Waals surface area contributed by atoms with Crippen molar-refractivity contribution in [2.45, 2.75) is 26.3 Å². The van der Waals surface area contributed by atoms with Crippen molar-refractivity contribution in [3.63, 3.8) is 0 Å². The maximum absolute atomic E-state index is 12.3. The van der Waals surface area contributed by atoms with Crippen LogP contribution in [0.1, 0.15) is 42.2 Å². The predicted molar refractivity (Wildman–Crippen MR) is 105 cm³/mol. The van der Waals surface area contributed by atoms with Crippen molar-refractivity contribution < 1.29 is 19.2 Å². The normalized spacial score (nSPS) is 11.7. The molecule has 8 heteroatoms. The number of esters is 1. The van der Waals surface area contributed by atoms with Gasteiger partial charge in [0.05, 0.1) is 22.2 Å². The molecule has 0 saturated carbocycles. The lowest BCUT2D eigenvalue weighted by Crippen LogP contribution is -2.33. The van der Waals surface area contributed by atoms with Crippen LogP contribution in [0, 0.1) is 16.0 Å². The molecule has 8 nitrogen and oxygen atoms in total. The Kier molecular flexibility index (Phi) is 7.08. The van der Waals surface area contributed by atoms with E-state index in [1.54, 1.807) is 0 Å². The maximum atomic E-state index is 12.3. The third kappa shape index (κ3) is 5.80. The Hall–Kier alpha value is -3.42. The lowest BCUT2D eigenvalue weighted by atomic mass is 9.97. The van der Waals surface area contributed by atoms with Crippen molar-refractivity contribution in [1.29, 1.82) is 0 Å². The van der Waals surface area contributed by atoms with E-state index >= 15 is 0 Å². The Balaban J connectivity index is 1.98. The molecular weight excluding hydrogens is 362 g/mol. The molecule has 0 aromatic heterocycles. The first-order valence-corrected chi connectivity index (χ1v) is 8.83. The molecule has 1 amide bonds. The number of nitro groups is 1. The van der Waals surface area contributed by atoms with Crippen molar-refractivity contribution in [2.75, 3.05) is 12.3 Å². The summed E-state index contributed by atoms with van der Waals surface area (Å²) in [5, 5.41) is 13.6. The van der Waals surface area contributed by atoms with E-state index in [1.807, 2.05) is 30.3 Å². The fourth-order valence-electron chi connectivity index (χ4n) is 2.73. The highest BCUT2D eigenvalue weighted by Crippen LogP contribution is 2.22. The molecule has 0 aliphatic heterocycles. The molecular formula is C20H23N3O5. The molecule has 2 rings (SSSR count). The van der Waals surface area contributed by atoms with Crippen LogP contribution in [-0.2, 0) is 9.53 Å². The number of amides is 1. The van der Waals surface area contributed by atoms with Crippen LogP contribution in [0.25, 0.3) is 0 Å². The number of nitro benzene ring substituents is 1. The molecule has 0 fully saturated rings. The number of nitrogens with two attached hydrogens (primary N) is 1. The lowest BCUT2D eigenvalue weighted by molar-refractivity contribution is -0.384. The zero-order valence-electron chi connectivity index (χ0n) is 15.8. The summed E-state index contributed by atoms with van der Waals surface area (Å²) in [7, 11) is 0. The molecule has 0 bridgehead atoms. The number of anilines is 1. The zero-order valence-corrected chi connectivity index (χ0v) is 15.8. The number of benzene rings is 2. The average molecular weight is 385 g/mol. The summed E-state index contributed by atoms with van der Waals surface area (Å²) in [6, 6.07) is 12.8. The Morgan fingerprint density at radius 1 is 1.18 bits per heavy atom. The highest BCUT2D eigenvalue weighted by atomic mass is 16.6. The Morgan fingerprint density at radius 2 is 1.86 bits per heavy atom. The zero-order chi connectivity index (χ0) is 20.7. The summed E-state index contributed by atoms with van der Waals surface area (Å²) in [4.78, 5) is 34.5. The van der Waals surface area contributed by atoms with Gasteiger partial charge in [-0.1, -0.05) is 44.2 Å². The van der Waals surface area contributed by atoms with E-state index in [0.29, 0.717) is 5.92 Å². The van der Waals surface area contributed by atoms with Gasteiger partial charge in [-0.3, -0.25) is 14.9 Å². The van der Waals surface area contributed by atoms with Crippen LogP contribution in [0.2, 0.25) is 0 Å². The van der Waals surface area contributed by atoms with E-state index in [-0.39, 0.29) is 23.0 Å². The fraction of sp³-hybridized carbons (Fsp3) is 0.300. The van der Waals surface area contributed by atoms with Gasteiger partial charge in [-0.2, -0.15) is 0 Å². The number of nitrogen functional groups attached to an aromatic ring is 1. The van der Waals surface area contributed by atoms with Crippen LogP contribution in [0.3, 0.4) is 0 Å². The first-order chi connectivity index (χ1) is 13.3. The number of hydrogen-bond acceptors (Lipinski definition) is 6. The molecule has 0 unspecified atom stereocenters. The van der Waals surface area contributed by atoms with Gasteiger partial charge in [-0.05, 0) is 24.0 Å². The molecule has 2 aromatic carbocycles. The molecule has 0 aliphatic carbocycles. The van der Waals surface area contributed by atoms with E-state index in [4.69, 9.17) is 10.5 Å². The van der Waals surface area contributed by atoms with Crippen molar-refractivity contribution >= 4 is 23.3 Å². The van der Waals surface area contributed by atoms with Gasteiger partial charge in [-0.15, -0.1) is 0 Å². The number of ether oxygens (including phenoxy) is 1. The fourth-order valence-corrected chi connectivity index (χ4v) is 2.73. The third-order valence-electron chi connectivity index (χ3n) is 4.04. The Bertz CT molecular complexity index is 852. The van der Waals surface area contributed by atoms with E-state index < -0.39 is 23.4 Å². The standard InChI is InChI=1S/C20H23N3O5/c1-13(2)10-18(14-6-4-3-5-7-14)22-19(24)12-28-20(25)16-9-8-15(23(26)27)11-17(16)21/h3-9,11,13,18H,10,12,21H2,1-2H3,(H,22,24)/t18-/m0/s1. The molecule has 0 heterocycles. The summed E-state index contributed by atoms with van der Waals surface area (Å²) >= 11 is 0. The molecule has 2 aromatic rings. The van der Waals surface area contributed by atoms with Gasteiger partial charge in [0, 0.05) is 12.1 Å². The second-order valence-corrected chi connectivity index (χ2v) is 6.77. The van der Waals surface area contributed by atoms with E-state index in [9.17, 15) is 19.7 Å². The quantitative estimate of drug-likeness (QED) is 0.311. The first kappa shape index (κ1) is 20.9. The van der Waals surface area contributed by atoms with Crippen LogP contribution in [0.15, 0.2) is 48.5 Å². The van der Waals surface area contributed by atoms with Gasteiger partial charge in [0.25, 0.3) is 11.6 Å². The number of carbonyl (C=O) groups is 2. The third-order valence-corrected chi connectivity index (χ3v) is 4.04. The molecule has 1 atom stereocenters. The number of non-ortho nitro benzene ring substituents is 1. The van der Waals surface area contributed by atoms with Crippen LogP contribution in [0.4, 0.5) is 11.4 Å². The minimum absolute atomic E-state index is 0.0276. The number of carbonyl (C=O) groups excluding carboxylic acids is 2. The number of hydrogen-bond donors (Lipinski definition) is 2.